The Labute approximate surface area is 125 Å². The van der Waals surface area contributed by atoms with E-state index in [0.717, 1.165) is 16.1 Å². The van der Waals surface area contributed by atoms with Crippen LogP contribution < -0.4 is 4.90 Å². The molecule has 21 heavy (non-hydrogen) atoms. The second-order valence-electron chi connectivity index (χ2n) is 4.66. The van der Waals surface area contributed by atoms with Crippen LogP contribution in [0.25, 0.3) is 0 Å². The molecule has 3 rings (SSSR count). The molecule has 0 unspecified atom stereocenters. The summed E-state index contributed by atoms with van der Waals surface area (Å²) in [6, 6.07) is 14.1. The van der Waals surface area contributed by atoms with Crippen molar-refractivity contribution in [3.8, 4) is 0 Å². The molecule has 0 atom stereocenters. The lowest BCUT2D eigenvalue weighted by atomic mass is 10.1. The second kappa shape index (κ2) is 5.57. The maximum absolute atomic E-state index is 12.1. The Bertz CT molecular complexity index is 700. The number of carbonyl (C=O) groups is 1. The van der Waals surface area contributed by atoms with Gasteiger partial charge in [-0.3, -0.25) is 14.9 Å². The molecule has 0 spiro atoms. The van der Waals surface area contributed by atoms with E-state index in [1.54, 1.807) is 17.0 Å². The molecule has 5 nitrogen and oxygen atoms in total. The van der Waals surface area contributed by atoms with Gasteiger partial charge in [0.25, 0.3) is 5.69 Å². The first-order valence-electron chi connectivity index (χ1n) is 6.40. The van der Waals surface area contributed by atoms with Crippen molar-refractivity contribution in [1.82, 2.24) is 0 Å². The van der Waals surface area contributed by atoms with Crippen molar-refractivity contribution in [2.24, 2.45) is 0 Å². The third kappa shape index (κ3) is 2.75. The number of amides is 1. The van der Waals surface area contributed by atoms with Crippen LogP contribution in [0.5, 0.6) is 0 Å². The predicted molar refractivity (Wildman–Crippen MR) is 81.5 cm³/mol. The fourth-order valence-electron chi connectivity index (χ4n) is 2.23. The number of hydrogen-bond acceptors (Lipinski definition) is 4. The molecule has 1 amide bonds. The van der Waals surface area contributed by atoms with Crippen LogP contribution in [0.3, 0.4) is 0 Å². The highest BCUT2D eigenvalue weighted by Crippen LogP contribution is 2.35. The second-order valence-corrected chi connectivity index (χ2v) is 5.68. The first-order valence-corrected chi connectivity index (χ1v) is 7.39. The lowest BCUT2D eigenvalue weighted by Gasteiger charge is -2.28. The van der Waals surface area contributed by atoms with Crippen molar-refractivity contribution in [2.45, 2.75) is 11.4 Å². The minimum atomic E-state index is -0.429. The van der Waals surface area contributed by atoms with Gasteiger partial charge < -0.3 is 4.90 Å². The van der Waals surface area contributed by atoms with Gasteiger partial charge in [-0.25, -0.2) is 0 Å². The van der Waals surface area contributed by atoms with Crippen LogP contribution in [0, 0.1) is 10.1 Å². The monoisotopic (exact) mass is 300 g/mol. The van der Waals surface area contributed by atoms with E-state index in [4.69, 9.17) is 0 Å². The molecule has 0 fully saturated rings. The lowest BCUT2D eigenvalue weighted by Crippen LogP contribution is -2.34. The topological polar surface area (TPSA) is 63.5 Å². The Kier molecular flexibility index (Phi) is 3.62. The van der Waals surface area contributed by atoms with Crippen LogP contribution in [0.15, 0.2) is 53.4 Å². The Morgan fingerprint density at radius 2 is 1.86 bits per heavy atom. The summed E-state index contributed by atoms with van der Waals surface area (Å²) in [6.07, 6.45) is 0. The molecule has 1 aliphatic heterocycles. The number of para-hydroxylation sites is 1. The van der Waals surface area contributed by atoms with Gasteiger partial charge in [0, 0.05) is 17.0 Å². The standard InChI is InChI=1S/C15H12N2O3S/c18-15-10-21-14-4-2-1-3-13(14)16(15)9-11-5-7-12(8-6-11)17(19)20/h1-8H,9-10H2. The summed E-state index contributed by atoms with van der Waals surface area (Å²) in [5, 5.41) is 10.7. The highest BCUT2D eigenvalue weighted by molar-refractivity contribution is 8.00. The van der Waals surface area contributed by atoms with Gasteiger partial charge in [-0.2, -0.15) is 0 Å². The van der Waals surface area contributed by atoms with E-state index in [1.807, 2.05) is 24.3 Å². The normalized spacial score (nSPS) is 13.9. The number of rotatable bonds is 3. The van der Waals surface area contributed by atoms with Crippen LogP contribution >= 0.6 is 11.8 Å². The fraction of sp³-hybridized carbons (Fsp3) is 0.133. The fourth-order valence-corrected chi connectivity index (χ4v) is 3.17. The van der Waals surface area contributed by atoms with E-state index in [2.05, 4.69) is 0 Å². The summed E-state index contributed by atoms with van der Waals surface area (Å²) in [4.78, 5) is 25.2. The molecule has 0 aliphatic carbocycles. The van der Waals surface area contributed by atoms with Crippen LogP contribution in [-0.4, -0.2) is 16.6 Å². The van der Waals surface area contributed by atoms with Crippen molar-refractivity contribution in [2.75, 3.05) is 10.7 Å². The number of non-ortho nitro benzene ring substituents is 1. The van der Waals surface area contributed by atoms with E-state index < -0.39 is 4.92 Å². The minimum absolute atomic E-state index is 0.0528. The van der Waals surface area contributed by atoms with Crippen LogP contribution in [0.1, 0.15) is 5.56 Å². The van der Waals surface area contributed by atoms with Gasteiger partial charge in [-0.05, 0) is 17.7 Å². The van der Waals surface area contributed by atoms with Gasteiger partial charge >= 0.3 is 0 Å². The molecular formula is C15H12N2O3S. The SMILES string of the molecule is O=C1CSc2ccccc2N1Cc1ccc([N+](=O)[O-])cc1. The van der Waals surface area contributed by atoms with Crippen LogP contribution in [-0.2, 0) is 11.3 Å². The summed E-state index contributed by atoms with van der Waals surface area (Å²) in [6.45, 7) is 0.425. The zero-order valence-corrected chi connectivity index (χ0v) is 11.9. The maximum atomic E-state index is 12.1. The van der Waals surface area contributed by atoms with Crippen LogP contribution in [0.4, 0.5) is 11.4 Å². The molecule has 0 aromatic heterocycles. The molecule has 6 heteroatoms. The zero-order valence-electron chi connectivity index (χ0n) is 11.1. The minimum Gasteiger partial charge on any atom is -0.306 e. The first-order chi connectivity index (χ1) is 10.1. The number of thioether (sulfide) groups is 1. The largest absolute Gasteiger partial charge is 0.306 e. The summed E-state index contributed by atoms with van der Waals surface area (Å²) in [5.41, 5.74) is 1.83. The molecule has 0 saturated carbocycles. The highest BCUT2D eigenvalue weighted by Gasteiger charge is 2.24. The number of benzene rings is 2. The summed E-state index contributed by atoms with van der Waals surface area (Å²) in [5.74, 6) is 0.473. The van der Waals surface area contributed by atoms with Gasteiger partial charge in [-0.1, -0.05) is 24.3 Å². The number of nitro groups is 1. The number of nitrogens with zero attached hydrogens (tertiary/aromatic N) is 2. The quantitative estimate of drug-likeness (QED) is 0.645. The summed E-state index contributed by atoms with van der Waals surface area (Å²) >= 11 is 1.54. The average Bonchev–Trinajstić information content (AvgIpc) is 2.51. The van der Waals surface area contributed by atoms with Crippen molar-refractivity contribution < 1.29 is 9.72 Å². The zero-order chi connectivity index (χ0) is 14.8. The Morgan fingerprint density at radius 3 is 2.57 bits per heavy atom. The van der Waals surface area contributed by atoms with Gasteiger partial charge in [0.15, 0.2) is 0 Å². The Hall–Kier alpha value is -2.34. The lowest BCUT2D eigenvalue weighted by molar-refractivity contribution is -0.384. The number of anilines is 1. The first kappa shape index (κ1) is 13.6. The third-order valence-corrected chi connectivity index (χ3v) is 4.34. The molecule has 0 bridgehead atoms. The number of hydrogen-bond donors (Lipinski definition) is 0. The summed E-state index contributed by atoms with van der Waals surface area (Å²) < 4.78 is 0. The molecule has 2 aromatic rings. The molecule has 106 valence electrons. The van der Waals surface area contributed by atoms with Gasteiger partial charge in [0.2, 0.25) is 5.91 Å². The molecule has 0 saturated heterocycles. The van der Waals surface area contributed by atoms with Crippen molar-refractivity contribution in [3.63, 3.8) is 0 Å². The van der Waals surface area contributed by atoms with E-state index in [0.29, 0.717) is 12.3 Å². The molecule has 1 heterocycles. The van der Waals surface area contributed by atoms with E-state index >= 15 is 0 Å². The van der Waals surface area contributed by atoms with E-state index in [-0.39, 0.29) is 11.6 Å². The third-order valence-electron chi connectivity index (χ3n) is 3.30. The average molecular weight is 300 g/mol. The maximum Gasteiger partial charge on any atom is 0.269 e. The highest BCUT2D eigenvalue weighted by atomic mass is 32.2. The molecule has 0 N–H and O–H groups in total. The summed E-state index contributed by atoms with van der Waals surface area (Å²) in [7, 11) is 0. The van der Waals surface area contributed by atoms with Gasteiger partial charge in [-0.15, -0.1) is 11.8 Å². The Balaban J connectivity index is 1.87. The number of fused-ring (bicyclic) bond motifs is 1. The van der Waals surface area contributed by atoms with Gasteiger partial charge in [0.05, 0.1) is 22.9 Å². The molecule has 0 radical (unpaired) electrons. The number of nitro benzene ring substituents is 1. The smallest absolute Gasteiger partial charge is 0.269 e. The molecule has 1 aliphatic rings. The van der Waals surface area contributed by atoms with Crippen LogP contribution in [0.2, 0.25) is 0 Å². The van der Waals surface area contributed by atoms with Crippen molar-refractivity contribution in [1.29, 1.82) is 0 Å². The van der Waals surface area contributed by atoms with E-state index in [9.17, 15) is 14.9 Å². The number of carbonyl (C=O) groups excluding carboxylic acids is 1. The molecule has 2 aromatic carbocycles. The molecular weight excluding hydrogens is 288 g/mol. The van der Waals surface area contributed by atoms with E-state index in [1.165, 1.54) is 23.9 Å². The predicted octanol–water partition coefficient (Wildman–Crippen LogP) is 3.23. The van der Waals surface area contributed by atoms with Crippen molar-refractivity contribution >= 4 is 29.0 Å². The van der Waals surface area contributed by atoms with Gasteiger partial charge in [0.1, 0.15) is 0 Å². The Morgan fingerprint density at radius 1 is 1.14 bits per heavy atom. The van der Waals surface area contributed by atoms with Crippen molar-refractivity contribution in [3.05, 3.63) is 64.2 Å².